The molecule has 126 valence electrons. The minimum atomic E-state index is 0.0483. The number of thiophene rings is 1. The van der Waals surface area contributed by atoms with Crippen molar-refractivity contribution in [2.24, 2.45) is 0 Å². The molecular weight excluding hydrogens is 336 g/mol. The van der Waals surface area contributed by atoms with Gasteiger partial charge in [0.2, 0.25) is 5.91 Å². The van der Waals surface area contributed by atoms with E-state index in [2.05, 4.69) is 35.2 Å². The van der Waals surface area contributed by atoms with E-state index >= 15 is 0 Å². The predicted molar refractivity (Wildman–Crippen MR) is 104 cm³/mol. The summed E-state index contributed by atoms with van der Waals surface area (Å²) in [5.41, 5.74) is 2.26. The molecule has 1 amide bonds. The summed E-state index contributed by atoms with van der Waals surface area (Å²) in [6.45, 7) is 7.31. The Balaban J connectivity index is 1.63. The van der Waals surface area contributed by atoms with Gasteiger partial charge in [-0.1, -0.05) is 18.2 Å². The molecule has 2 aromatic rings. The third kappa shape index (κ3) is 3.91. The first kappa shape index (κ1) is 17.3. The van der Waals surface area contributed by atoms with Crippen molar-refractivity contribution >= 4 is 34.7 Å². The van der Waals surface area contributed by atoms with Gasteiger partial charge in [-0.05, 0) is 42.5 Å². The number of nitrogens with zero attached hydrogens (tertiary/aromatic N) is 1. The molecule has 5 heteroatoms. The number of rotatable bonds is 6. The zero-order valence-electron chi connectivity index (χ0n) is 13.8. The van der Waals surface area contributed by atoms with Crippen LogP contribution in [0.4, 0.5) is 5.69 Å². The summed E-state index contributed by atoms with van der Waals surface area (Å²) in [6.07, 6.45) is 2.91. The third-order valence-electron chi connectivity index (χ3n) is 4.27. The van der Waals surface area contributed by atoms with Crippen LogP contribution >= 0.6 is 23.1 Å². The lowest BCUT2D eigenvalue weighted by molar-refractivity contribution is -0.117. The molecule has 1 aliphatic heterocycles. The highest BCUT2D eigenvalue weighted by Gasteiger charge is 2.26. The summed E-state index contributed by atoms with van der Waals surface area (Å²) in [5.74, 6) is 0.879. The lowest BCUT2D eigenvalue weighted by Crippen LogP contribution is -2.39. The lowest BCUT2D eigenvalue weighted by atomic mass is 10.0. The van der Waals surface area contributed by atoms with Crippen molar-refractivity contribution in [1.82, 2.24) is 4.90 Å². The smallest absolute Gasteiger partial charge is 0.238 e. The van der Waals surface area contributed by atoms with Gasteiger partial charge in [-0.3, -0.25) is 9.69 Å². The molecule has 1 unspecified atom stereocenters. The molecule has 2 heterocycles. The Hall–Kier alpha value is -1.56. The van der Waals surface area contributed by atoms with Crippen molar-refractivity contribution in [3.8, 4) is 0 Å². The SMILES string of the molecule is C=CCSc1ccccc1NC(=O)CN1CCc2sccc2C1C. The van der Waals surface area contributed by atoms with E-state index in [1.54, 1.807) is 11.8 Å². The molecule has 24 heavy (non-hydrogen) atoms. The Labute approximate surface area is 151 Å². The second kappa shape index (κ2) is 8.01. The summed E-state index contributed by atoms with van der Waals surface area (Å²) in [6, 6.07) is 10.4. The first-order valence-electron chi connectivity index (χ1n) is 8.12. The fourth-order valence-corrected chi connectivity index (χ4v) is 4.71. The highest BCUT2D eigenvalue weighted by atomic mass is 32.2. The van der Waals surface area contributed by atoms with Crippen LogP contribution in [-0.4, -0.2) is 29.6 Å². The predicted octanol–water partition coefficient (Wildman–Crippen LogP) is 4.58. The largest absolute Gasteiger partial charge is 0.324 e. The Morgan fingerprint density at radius 1 is 1.46 bits per heavy atom. The van der Waals surface area contributed by atoms with Gasteiger partial charge >= 0.3 is 0 Å². The van der Waals surface area contributed by atoms with E-state index in [0.29, 0.717) is 12.6 Å². The van der Waals surface area contributed by atoms with Crippen LogP contribution < -0.4 is 5.32 Å². The topological polar surface area (TPSA) is 32.3 Å². The summed E-state index contributed by atoms with van der Waals surface area (Å²) in [7, 11) is 0. The normalized spacial score (nSPS) is 17.3. The van der Waals surface area contributed by atoms with Crippen molar-refractivity contribution in [2.45, 2.75) is 24.3 Å². The first-order valence-corrected chi connectivity index (χ1v) is 9.98. The summed E-state index contributed by atoms with van der Waals surface area (Å²) >= 11 is 3.51. The molecule has 1 atom stereocenters. The van der Waals surface area contributed by atoms with Gasteiger partial charge in [-0.15, -0.1) is 29.7 Å². The maximum Gasteiger partial charge on any atom is 0.238 e. The highest BCUT2D eigenvalue weighted by Crippen LogP contribution is 2.32. The van der Waals surface area contributed by atoms with Crippen molar-refractivity contribution in [1.29, 1.82) is 0 Å². The average molecular weight is 359 g/mol. The number of amides is 1. The number of hydrogen-bond donors (Lipinski definition) is 1. The van der Waals surface area contributed by atoms with Crippen LogP contribution in [0.5, 0.6) is 0 Å². The van der Waals surface area contributed by atoms with Crippen molar-refractivity contribution in [2.75, 3.05) is 24.2 Å². The molecule has 0 aliphatic carbocycles. The van der Waals surface area contributed by atoms with Crippen LogP contribution in [0.25, 0.3) is 0 Å². The number of anilines is 1. The number of carbonyl (C=O) groups is 1. The second-order valence-corrected chi connectivity index (χ2v) is 7.90. The number of thioether (sulfide) groups is 1. The molecule has 0 spiro atoms. The van der Waals surface area contributed by atoms with Gasteiger partial charge in [0.1, 0.15) is 0 Å². The standard InChI is InChI=1S/C19H22N2OS2/c1-3-11-23-18-7-5-4-6-16(18)20-19(22)13-21-10-8-17-15(14(21)2)9-12-24-17/h3-7,9,12,14H,1,8,10-11,13H2,2H3,(H,20,22). The van der Waals surface area contributed by atoms with E-state index in [-0.39, 0.29) is 5.91 Å². The van der Waals surface area contributed by atoms with Crippen LogP contribution in [0.3, 0.4) is 0 Å². The van der Waals surface area contributed by atoms with E-state index in [1.165, 1.54) is 10.4 Å². The number of para-hydroxylation sites is 1. The second-order valence-electron chi connectivity index (χ2n) is 5.84. The van der Waals surface area contributed by atoms with E-state index in [1.807, 2.05) is 41.7 Å². The van der Waals surface area contributed by atoms with Crippen LogP contribution in [0.2, 0.25) is 0 Å². The zero-order valence-corrected chi connectivity index (χ0v) is 15.5. The molecular formula is C19H22N2OS2. The molecule has 3 nitrogen and oxygen atoms in total. The molecule has 1 aliphatic rings. The summed E-state index contributed by atoms with van der Waals surface area (Å²) in [4.78, 5) is 17.3. The number of carbonyl (C=O) groups excluding carboxylic acids is 1. The van der Waals surface area contributed by atoms with Gasteiger partial charge in [-0.2, -0.15) is 0 Å². The van der Waals surface area contributed by atoms with Crippen molar-refractivity contribution in [3.63, 3.8) is 0 Å². The van der Waals surface area contributed by atoms with Gasteiger partial charge in [0.05, 0.1) is 12.2 Å². The van der Waals surface area contributed by atoms with Crippen molar-refractivity contribution in [3.05, 3.63) is 58.8 Å². The van der Waals surface area contributed by atoms with E-state index in [9.17, 15) is 4.79 Å². The Morgan fingerprint density at radius 3 is 3.12 bits per heavy atom. The molecule has 0 saturated carbocycles. The zero-order chi connectivity index (χ0) is 16.9. The lowest BCUT2D eigenvalue weighted by Gasteiger charge is -2.33. The van der Waals surface area contributed by atoms with Gasteiger partial charge in [0, 0.05) is 28.1 Å². The van der Waals surface area contributed by atoms with Gasteiger partial charge in [-0.25, -0.2) is 0 Å². The molecule has 1 N–H and O–H groups in total. The van der Waals surface area contributed by atoms with Crippen LogP contribution in [0.1, 0.15) is 23.4 Å². The first-order chi connectivity index (χ1) is 11.7. The van der Waals surface area contributed by atoms with E-state index in [4.69, 9.17) is 0 Å². The van der Waals surface area contributed by atoms with E-state index < -0.39 is 0 Å². The average Bonchev–Trinajstić information content (AvgIpc) is 3.06. The molecule has 0 fully saturated rings. The minimum Gasteiger partial charge on any atom is -0.324 e. The maximum absolute atomic E-state index is 12.5. The molecule has 1 aromatic heterocycles. The maximum atomic E-state index is 12.5. The fourth-order valence-electron chi connectivity index (χ4n) is 3.00. The molecule has 3 rings (SSSR count). The Morgan fingerprint density at radius 2 is 2.29 bits per heavy atom. The van der Waals surface area contributed by atoms with Crippen LogP contribution in [0.15, 0.2) is 53.3 Å². The summed E-state index contributed by atoms with van der Waals surface area (Å²) < 4.78 is 0. The Bertz CT molecular complexity index is 726. The fraction of sp³-hybridized carbons (Fsp3) is 0.316. The molecule has 0 bridgehead atoms. The number of benzene rings is 1. The van der Waals surface area contributed by atoms with Crippen LogP contribution in [0, 0.1) is 0 Å². The monoisotopic (exact) mass is 358 g/mol. The number of hydrogen-bond acceptors (Lipinski definition) is 4. The molecule has 0 radical (unpaired) electrons. The third-order valence-corrected chi connectivity index (χ3v) is 6.33. The van der Waals surface area contributed by atoms with Gasteiger partial charge in [0.15, 0.2) is 0 Å². The van der Waals surface area contributed by atoms with Crippen molar-refractivity contribution < 1.29 is 4.79 Å². The summed E-state index contributed by atoms with van der Waals surface area (Å²) in [5, 5.41) is 5.22. The van der Waals surface area contributed by atoms with E-state index in [0.717, 1.165) is 29.3 Å². The Kier molecular flexibility index (Phi) is 5.76. The quantitative estimate of drug-likeness (QED) is 0.606. The minimum absolute atomic E-state index is 0.0483. The van der Waals surface area contributed by atoms with Gasteiger partial charge < -0.3 is 5.32 Å². The van der Waals surface area contributed by atoms with Gasteiger partial charge in [0.25, 0.3) is 0 Å². The molecule has 1 aromatic carbocycles. The van der Waals surface area contributed by atoms with Crippen LogP contribution in [-0.2, 0) is 11.2 Å². The highest BCUT2D eigenvalue weighted by molar-refractivity contribution is 7.99. The molecule has 0 saturated heterocycles. The number of nitrogens with one attached hydrogen (secondary N) is 1. The number of fused-ring (bicyclic) bond motifs is 1.